The highest BCUT2D eigenvalue weighted by Crippen LogP contribution is 2.54. The van der Waals surface area contributed by atoms with E-state index in [0.29, 0.717) is 38.2 Å². The summed E-state index contributed by atoms with van der Waals surface area (Å²) >= 11 is 0. The molecule has 0 amide bonds. The standard InChI is InChI=1S/C15H16F2O4/c1-14(16,17)9-7-11-12(21-6-2-5-20-11)8-10(9)15(3-4-15)13(18)19/h7-8H,2-6H2,1H3,(H,18,19). The van der Waals surface area contributed by atoms with Gasteiger partial charge >= 0.3 is 5.97 Å². The van der Waals surface area contributed by atoms with Gasteiger partial charge in [0.1, 0.15) is 0 Å². The van der Waals surface area contributed by atoms with Crippen molar-refractivity contribution in [2.24, 2.45) is 0 Å². The number of aliphatic carboxylic acids is 1. The Bertz CT molecular complexity index is 588. The fourth-order valence-electron chi connectivity index (χ4n) is 2.69. The monoisotopic (exact) mass is 298 g/mol. The molecule has 3 rings (SSSR count). The average molecular weight is 298 g/mol. The van der Waals surface area contributed by atoms with Crippen LogP contribution in [0.25, 0.3) is 0 Å². The first-order valence-corrected chi connectivity index (χ1v) is 6.90. The second-order valence-corrected chi connectivity index (χ2v) is 5.67. The summed E-state index contributed by atoms with van der Waals surface area (Å²) in [7, 11) is 0. The van der Waals surface area contributed by atoms with E-state index in [1.54, 1.807) is 0 Å². The number of halogens is 2. The van der Waals surface area contributed by atoms with E-state index in [2.05, 4.69) is 0 Å². The summed E-state index contributed by atoms with van der Waals surface area (Å²) in [6.07, 6.45) is 1.39. The summed E-state index contributed by atoms with van der Waals surface area (Å²) in [6, 6.07) is 2.66. The van der Waals surface area contributed by atoms with Crippen molar-refractivity contribution in [1.82, 2.24) is 0 Å². The third kappa shape index (κ3) is 2.32. The first kappa shape index (κ1) is 14.1. The fraction of sp³-hybridized carbons (Fsp3) is 0.533. The van der Waals surface area contributed by atoms with Gasteiger partial charge in [-0.15, -0.1) is 0 Å². The normalized spacial score (nSPS) is 19.8. The Morgan fingerprint density at radius 2 is 1.81 bits per heavy atom. The Morgan fingerprint density at radius 3 is 2.29 bits per heavy atom. The highest BCUT2D eigenvalue weighted by Gasteiger charge is 2.55. The van der Waals surface area contributed by atoms with Crippen LogP contribution in [0.1, 0.15) is 37.3 Å². The number of alkyl halides is 2. The predicted molar refractivity (Wildman–Crippen MR) is 70.2 cm³/mol. The lowest BCUT2D eigenvalue weighted by molar-refractivity contribution is -0.140. The summed E-state index contributed by atoms with van der Waals surface area (Å²) < 4.78 is 38.8. The number of ether oxygens (including phenoxy) is 2. The molecule has 1 aromatic rings. The van der Waals surface area contributed by atoms with Gasteiger partial charge in [0.25, 0.3) is 5.92 Å². The lowest BCUT2D eigenvalue weighted by Gasteiger charge is -2.22. The molecular weight excluding hydrogens is 282 g/mol. The maximum absolute atomic E-state index is 13.9. The minimum absolute atomic E-state index is 0.145. The van der Waals surface area contributed by atoms with Gasteiger partial charge in [-0.05, 0) is 30.5 Å². The molecule has 1 aliphatic heterocycles. The molecule has 0 unspecified atom stereocenters. The van der Waals surface area contributed by atoms with Crippen LogP contribution in [-0.4, -0.2) is 24.3 Å². The van der Waals surface area contributed by atoms with E-state index in [-0.39, 0.29) is 16.9 Å². The lowest BCUT2D eigenvalue weighted by atomic mass is 9.88. The molecule has 1 aliphatic carbocycles. The summed E-state index contributed by atoms with van der Waals surface area (Å²) in [5.41, 5.74) is -1.35. The van der Waals surface area contributed by atoms with Gasteiger partial charge in [0, 0.05) is 18.9 Å². The van der Waals surface area contributed by atoms with Gasteiger partial charge in [0.15, 0.2) is 11.5 Å². The molecule has 1 fully saturated rings. The molecule has 0 saturated heterocycles. The number of hydrogen-bond acceptors (Lipinski definition) is 3. The Kier molecular flexibility index (Phi) is 3.07. The van der Waals surface area contributed by atoms with Gasteiger partial charge in [-0.25, -0.2) is 8.78 Å². The maximum Gasteiger partial charge on any atom is 0.314 e. The Labute approximate surface area is 120 Å². The van der Waals surface area contributed by atoms with Gasteiger partial charge in [0.05, 0.1) is 18.6 Å². The number of hydrogen-bond donors (Lipinski definition) is 1. The van der Waals surface area contributed by atoms with Gasteiger partial charge in [-0.1, -0.05) is 0 Å². The van der Waals surface area contributed by atoms with Gasteiger partial charge in [0.2, 0.25) is 0 Å². The van der Waals surface area contributed by atoms with E-state index in [0.717, 1.165) is 6.92 Å². The zero-order chi connectivity index (χ0) is 15.3. The molecule has 0 atom stereocenters. The molecule has 6 heteroatoms. The highest BCUT2D eigenvalue weighted by atomic mass is 19.3. The number of rotatable bonds is 3. The third-order valence-corrected chi connectivity index (χ3v) is 4.04. The van der Waals surface area contributed by atoms with E-state index >= 15 is 0 Å². The Hall–Kier alpha value is -1.85. The van der Waals surface area contributed by atoms with Gasteiger partial charge < -0.3 is 14.6 Å². The van der Waals surface area contributed by atoms with Crippen LogP contribution in [0.3, 0.4) is 0 Å². The molecule has 0 bridgehead atoms. The van der Waals surface area contributed by atoms with E-state index in [9.17, 15) is 18.7 Å². The van der Waals surface area contributed by atoms with Crippen LogP contribution in [0.4, 0.5) is 8.78 Å². The van der Waals surface area contributed by atoms with Crippen LogP contribution < -0.4 is 9.47 Å². The number of benzene rings is 1. The second kappa shape index (κ2) is 4.58. The number of carboxylic acid groups (broad SMARTS) is 1. The summed E-state index contributed by atoms with van der Waals surface area (Å²) in [6.45, 7) is 1.59. The molecular formula is C15H16F2O4. The van der Waals surface area contributed by atoms with Crippen molar-refractivity contribution in [1.29, 1.82) is 0 Å². The molecule has 1 N–H and O–H groups in total. The third-order valence-electron chi connectivity index (χ3n) is 4.04. The largest absolute Gasteiger partial charge is 0.490 e. The average Bonchev–Trinajstić information content (AvgIpc) is 3.20. The van der Waals surface area contributed by atoms with Gasteiger partial charge in [-0.2, -0.15) is 0 Å². The smallest absolute Gasteiger partial charge is 0.314 e. The first-order valence-electron chi connectivity index (χ1n) is 6.90. The molecule has 0 radical (unpaired) electrons. The molecule has 1 saturated carbocycles. The van der Waals surface area contributed by atoms with E-state index in [1.807, 2.05) is 0 Å². The predicted octanol–water partition coefficient (Wildman–Crippen LogP) is 3.08. The highest BCUT2D eigenvalue weighted by molar-refractivity contribution is 5.86. The minimum Gasteiger partial charge on any atom is -0.490 e. The Balaban J connectivity index is 2.18. The van der Waals surface area contributed by atoms with E-state index in [4.69, 9.17) is 9.47 Å². The van der Waals surface area contributed by atoms with Crippen molar-refractivity contribution in [3.63, 3.8) is 0 Å². The van der Waals surface area contributed by atoms with Crippen LogP contribution >= 0.6 is 0 Å². The maximum atomic E-state index is 13.9. The minimum atomic E-state index is -3.13. The molecule has 114 valence electrons. The molecule has 1 aromatic carbocycles. The lowest BCUT2D eigenvalue weighted by Crippen LogP contribution is -2.24. The Morgan fingerprint density at radius 1 is 1.24 bits per heavy atom. The van der Waals surface area contributed by atoms with Crippen LogP contribution in [-0.2, 0) is 16.1 Å². The van der Waals surface area contributed by atoms with E-state index in [1.165, 1.54) is 12.1 Å². The van der Waals surface area contributed by atoms with Crippen molar-refractivity contribution in [2.45, 2.75) is 37.5 Å². The van der Waals surface area contributed by atoms with Crippen molar-refractivity contribution >= 4 is 5.97 Å². The molecule has 0 aromatic heterocycles. The van der Waals surface area contributed by atoms with Crippen LogP contribution in [0.2, 0.25) is 0 Å². The quantitative estimate of drug-likeness (QED) is 0.931. The first-order chi connectivity index (χ1) is 9.84. The van der Waals surface area contributed by atoms with Gasteiger partial charge in [-0.3, -0.25) is 4.79 Å². The zero-order valence-electron chi connectivity index (χ0n) is 11.6. The van der Waals surface area contributed by atoms with Crippen molar-refractivity contribution < 1.29 is 28.2 Å². The topological polar surface area (TPSA) is 55.8 Å². The summed E-state index contributed by atoms with van der Waals surface area (Å²) in [5, 5.41) is 9.39. The molecule has 0 spiro atoms. The van der Waals surface area contributed by atoms with Crippen molar-refractivity contribution in [3.05, 3.63) is 23.3 Å². The molecule has 2 aliphatic rings. The fourth-order valence-corrected chi connectivity index (χ4v) is 2.69. The van der Waals surface area contributed by atoms with E-state index < -0.39 is 17.3 Å². The van der Waals surface area contributed by atoms with Crippen molar-refractivity contribution in [2.75, 3.05) is 13.2 Å². The van der Waals surface area contributed by atoms with Crippen molar-refractivity contribution in [3.8, 4) is 11.5 Å². The summed E-state index contributed by atoms with van der Waals surface area (Å²) in [4.78, 5) is 11.5. The zero-order valence-corrected chi connectivity index (χ0v) is 11.6. The second-order valence-electron chi connectivity index (χ2n) is 5.67. The molecule has 21 heavy (non-hydrogen) atoms. The van der Waals surface area contributed by atoms with Crippen LogP contribution in [0, 0.1) is 0 Å². The number of carboxylic acids is 1. The SMILES string of the molecule is CC(F)(F)c1cc2c(cc1C1(C(=O)O)CC1)OCCCO2. The number of carbonyl (C=O) groups is 1. The number of fused-ring (bicyclic) bond motifs is 1. The van der Waals surface area contributed by atoms with Crippen LogP contribution in [0.15, 0.2) is 12.1 Å². The summed E-state index contributed by atoms with van der Waals surface area (Å²) in [5.74, 6) is -3.59. The molecule has 1 heterocycles. The molecule has 4 nitrogen and oxygen atoms in total. The van der Waals surface area contributed by atoms with Crippen LogP contribution in [0.5, 0.6) is 11.5 Å².